The van der Waals surface area contributed by atoms with Gasteiger partial charge < -0.3 is 5.32 Å². The van der Waals surface area contributed by atoms with E-state index < -0.39 is 0 Å². The molecule has 6 heteroatoms. The van der Waals surface area contributed by atoms with Crippen LogP contribution in [0.15, 0.2) is 72.9 Å². The second-order valence-electron chi connectivity index (χ2n) is 6.26. The molecule has 1 N–H and O–H groups in total. The maximum absolute atomic E-state index is 12.5. The highest BCUT2D eigenvalue weighted by Crippen LogP contribution is 2.26. The van der Waals surface area contributed by atoms with Gasteiger partial charge in [-0.05, 0) is 30.3 Å². The maximum atomic E-state index is 12.5. The number of rotatable bonds is 5. The minimum Gasteiger partial charge on any atom is -0.352 e. The van der Waals surface area contributed by atoms with Crippen molar-refractivity contribution >= 4 is 28.5 Å². The third kappa shape index (κ3) is 4.00. The predicted octanol–water partition coefficient (Wildman–Crippen LogP) is 4.32. The van der Waals surface area contributed by atoms with Gasteiger partial charge in [0.1, 0.15) is 5.69 Å². The Kier molecular flexibility index (Phi) is 5.26. The summed E-state index contributed by atoms with van der Waals surface area (Å²) in [6.07, 6.45) is 2.42. The van der Waals surface area contributed by atoms with E-state index in [0.29, 0.717) is 40.4 Å². The highest BCUT2D eigenvalue weighted by molar-refractivity contribution is 6.32. The first-order chi connectivity index (χ1) is 13.7. The Morgan fingerprint density at radius 1 is 0.929 bits per heavy atom. The molecule has 0 fully saturated rings. The van der Waals surface area contributed by atoms with E-state index in [1.165, 1.54) is 0 Å². The normalized spacial score (nSPS) is 10.8. The number of nitrogens with zero attached hydrogens (tertiary/aromatic N) is 3. The Morgan fingerprint density at radius 3 is 2.54 bits per heavy atom. The zero-order chi connectivity index (χ0) is 19.3. The van der Waals surface area contributed by atoms with Gasteiger partial charge in [-0.3, -0.25) is 9.78 Å². The van der Waals surface area contributed by atoms with Crippen molar-refractivity contribution in [1.82, 2.24) is 20.3 Å². The number of nitrogens with one attached hydrogen (secondary N) is 1. The Hall–Kier alpha value is -3.31. The van der Waals surface area contributed by atoms with E-state index in [-0.39, 0.29) is 5.91 Å². The van der Waals surface area contributed by atoms with Crippen LogP contribution in [0.25, 0.3) is 22.3 Å². The minimum atomic E-state index is -0.157. The average molecular weight is 389 g/mol. The van der Waals surface area contributed by atoms with E-state index in [0.717, 1.165) is 11.3 Å². The van der Waals surface area contributed by atoms with E-state index in [4.69, 9.17) is 11.6 Å². The standard InChI is InChI=1S/C22H17ClN4O/c23-21-20(15-6-2-1-3-7-15)26-19-14-16(9-10-18(19)27-21)22(28)25-13-11-17-8-4-5-12-24-17/h1-10,12,14H,11,13H2,(H,25,28). The largest absolute Gasteiger partial charge is 0.352 e. The van der Waals surface area contributed by atoms with E-state index >= 15 is 0 Å². The van der Waals surface area contributed by atoms with Crippen LogP contribution in [0.2, 0.25) is 5.15 Å². The van der Waals surface area contributed by atoms with Crippen molar-refractivity contribution < 1.29 is 4.79 Å². The van der Waals surface area contributed by atoms with Gasteiger partial charge >= 0.3 is 0 Å². The molecule has 2 heterocycles. The molecule has 28 heavy (non-hydrogen) atoms. The molecule has 5 nitrogen and oxygen atoms in total. The van der Waals surface area contributed by atoms with Crippen molar-refractivity contribution in [3.63, 3.8) is 0 Å². The highest BCUT2D eigenvalue weighted by atomic mass is 35.5. The van der Waals surface area contributed by atoms with Crippen LogP contribution in [0.5, 0.6) is 0 Å². The molecular formula is C22H17ClN4O. The van der Waals surface area contributed by atoms with Crippen LogP contribution in [-0.2, 0) is 6.42 Å². The van der Waals surface area contributed by atoms with Gasteiger partial charge in [0.15, 0.2) is 5.15 Å². The SMILES string of the molecule is O=C(NCCc1ccccn1)c1ccc2nc(Cl)c(-c3ccccc3)nc2c1. The van der Waals surface area contributed by atoms with Gasteiger partial charge in [0.25, 0.3) is 5.91 Å². The third-order valence-electron chi connectivity index (χ3n) is 4.32. The summed E-state index contributed by atoms with van der Waals surface area (Å²) in [7, 11) is 0. The van der Waals surface area contributed by atoms with E-state index in [1.807, 2.05) is 48.5 Å². The molecule has 2 aromatic heterocycles. The molecule has 0 radical (unpaired) electrons. The van der Waals surface area contributed by atoms with Crippen LogP contribution in [0.4, 0.5) is 0 Å². The summed E-state index contributed by atoms with van der Waals surface area (Å²) >= 11 is 6.31. The first kappa shape index (κ1) is 18.1. The quantitative estimate of drug-likeness (QED) is 0.553. The Morgan fingerprint density at radius 2 is 1.75 bits per heavy atom. The molecule has 0 unspecified atom stereocenters. The second kappa shape index (κ2) is 8.15. The lowest BCUT2D eigenvalue weighted by atomic mass is 10.1. The van der Waals surface area contributed by atoms with Crippen molar-refractivity contribution in [2.45, 2.75) is 6.42 Å². The monoisotopic (exact) mass is 388 g/mol. The van der Waals surface area contributed by atoms with Gasteiger partial charge in [0.2, 0.25) is 0 Å². The highest BCUT2D eigenvalue weighted by Gasteiger charge is 2.12. The van der Waals surface area contributed by atoms with Crippen LogP contribution in [0, 0.1) is 0 Å². The molecule has 0 aliphatic carbocycles. The summed E-state index contributed by atoms with van der Waals surface area (Å²) in [5.41, 5.74) is 4.23. The fraction of sp³-hybridized carbons (Fsp3) is 0.0909. The number of fused-ring (bicyclic) bond motifs is 1. The molecule has 0 aliphatic heterocycles. The molecule has 4 aromatic rings. The van der Waals surface area contributed by atoms with Crippen molar-refractivity contribution in [3.05, 3.63) is 89.3 Å². The summed E-state index contributed by atoms with van der Waals surface area (Å²) in [4.78, 5) is 25.8. The van der Waals surface area contributed by atoms with Crippen molar-refractivity contribution in [2.75, 3.05) is 6.54 Å². The van der Waals surface area contributed by atoms with Gasteiger partial charge in [-0.25, -0.2) is 9.97 Å². The van der Waals surface area contributed by atoms with Crippen LogP contribution >= 0.6 is 11.6 Å². The van der Waals surface area contributed by atoms with Gasteiger partial charge in [0.05, 0.1) is 11.0 Å². The number of aromatic nitrogens is 3. The lowest BCUT2D eigenvalue weighted by Crippen LogP contribution is -2.25. The topological polar surface area (TPSA) is 67.8 Å². The summed E-state index contributed by atoms with van der Waals surface area (Å²) in [6.45, 7) is 0.509. The lowest BCUT2D eigenvalue weighted by molar-refractivity contribution is 0.0954. The smallest absolute Gasteiger partial charge is 0.251 e. The van der Waals surface area contributed by atoms with E-state index in [9.17, 15) is 4.79 Å². The first-order valence-electron chi connectivity index (χ1n) is 8.91. The molecule has 2 aromatic carbocycles. The number of hydrogen-bond acceptors (Lipinski definition) is 4. The molecule has 138 valence electrons. The number of carbonyl (C=O) groups is 1. The minimum absolute atomic E-state index is 0.157. The number of carbonyl (C=O) groups excluding carboxylic acids is 1. The van der Waals surface area contributed by atoms with E-state index in [2.05, 4.69) is 20.3 Å². The van der Waals surface area contributed by atoms with Crippen molar-refractivity contribution in [2.24, 2.45) is 0 Å². The van der Waals surface area contributed by atoms with Crippen LogP contribution in [0.3, 0.4) is 0 Å². The fourth-order valence-electron chi connectivity index (χ4n) is 2.91. The van der Waals surface area contributed by atoms with Crippen LogP contribution in [-0.4, -0.2) is 27.4 Å². The van der Waals surface area contributed by atoms with E-state index in [1.54, 1.807) is 24.4 Å². The van der Waals surface area contributed by atoms with Gasteiger partial charge in [-0.15, -0.1) is 0 Å². The Balaban J connectivity index is 1.54. The molecule has 1 amide bonds. The summed E-state index contributed by atoms with van der Waals surface area (Å²) < 4.78 is 0. The lowest BCUT2D eigenvalue weighted by Gasteiger charge is -2.08. The predicted molar refractivity (Wildman–Crippen MR) is 110 cm³/mol. The zero-order valence-corrected chi connectivity index (χ0v) is 15.7. The molecule has 0 aliphatic rings. The third-order valence-corrected chi connectivity index (χ3v) is 4.59. The fourth-order valence-corrected chi connectivity index (χ4v) is 3.15. The number of hydrogen-bond donors (Lipinski definition) is 1. The van der Waals surface area contributed by atoms with Gasteiger partial charge in [-0.1, -0.05) is 48.0 Å². The molecule has 0 bridgehead atoms. The van der Waals surface area contributed by atoms with Gasteiger partial charge in [-0.2, -0.15) is 0 Å². The molecule has 0 atom stereocenters. The number of benzene rings is 2. The molecule has 0 saturated carbocycles. The molecular weight excluding hydrogens is 372 g/mol. The molecule has 4 rings (SSSR count). The van der Waals surface area contributed by atoms with Crippen LogP contribution < -0.4 is 5.32 Å². The number of amides is 1. The number of halogens is 1. The first-order valence-corrected chi connectivity index (χ1v) is 9.29. The van der Waals surface area contributed by atoms with Crippen LogP contribution in [0.1, 0.15) is 16.1 Å². The Bertz CT molecular complexity index is 1120. The van der Waals surface area contributed by atoms with Crippen molar-refractivity contribution in [3.8, 4) is 11.3 Å². The summed E-state index contributed by atoms with van der Waals surface area (Å²) in [6, 6.07) is 20.6. The molecule has 0 saturated heterocycles. The number of pyridine rings is 1. The average Bonchev–Trinajstić information content (AvgIpc) is 2.74. The Labute approximate surface area is 167 Å². The molecule has 0 spiro atoms. The summed E-state index contributed by atoms with van der Waals surface area (Å²) in [5, 5.41) is 3.26. The van der Waals surface area contributed by atoms with Crippen molar-refractivity contribution in [1.29, 1.82) is 0 Å². The van der Waals surface area contributed by atoms with Gasteiger partial charge in [0, 0.05) is 36.0 Å². The summed E-state index contributed by atoms with van der Waals surface area (Å²) in [5.74, 6) is -0.157. The zero-order valence-electron chi connectivity index (χ0n) is 15.0. The second-order valence-corrected chi connectivity index (χ2v) is 6.62. The maximum Gasteiger partial charge on any atom is 0.251 e.